The summed E-state index contributed by atoms with van der Waals surface area (Å²) in [6.07, 6.45) is 3.33. The third-order valence-corrected chi connectivity index (χ3v) is 5.61. The molecule has 0 amide bonds. The lowest BCUT2D eigenvalue weighted by Gasteiger charge is -2.29. The molecule has 5 nitrogen and oxygen atoms in total. The van der Waals surface area contributed by atoms with Crippen LogP contribution in [-0.2, 0) is 19.6 Å². The highest BCUT2D eigenvalue weighted by molar-refractivity contribution is 5.29. The Morgan fingerprint density at radius 3 is 2.34 bits per heavy atom. The molecule has 0 spiro atoms. The molecule has 5 heteroatoms. The van der Waals surface area contributed by atoms with E-state index in [1.807, 2.05) is 42.5 Å². The third kappa shape index (κ3) is 6.91. The Bertz CT molecular complexity index is 1020. The number of benzene rings is 2. The molecule has 1 saturated heterocycles. The fourth-order valence-electron chi connectivity index (χ4n) is 3.70. The van der Waals surface area contributed by atoms with Crippen molar-refractivity contribution >= 4 is 0 Å². The number of piperidine rings is 1. The number of aliphatic hydroxyl groups excluding tert-OH is 1. The molecule has 1 aromatic heterocycles. The molecule has 32 heavy (non-hydrogen) atoms. The van der Waals surface area contributed by atoms with Crippen molar-refractivity contribution < 1.29 is 9.84 Å². The molecule has 1 fully saturated rings. The molecule has 0 aliphatic carbocycles. The van der Waals surface area contributed by atoms with Gasteiger partial charge in [-0.2, -0.15) is 0 Å². The summed E-state index contributed by atoms with van der Waals surface area (Å²) in [5, 5.41) is 17.9. The topological polar surface area (TPSA) is 58.5 Å². The maximum absolute atomic E-state index is 9.63. The minimum atomic E-state index is -0.119. The molecule has 0 radical (unpaired) electrons. The molecule has 1 aliphatic heterocycles. The van der Waals surface area contributed by atoms with Crippen LogP contribution < -0.4 is 4.74 Å². The van der Waals surface area contributed by atoms with Crippen LogP contribution in [0.2, 0.25) is 0 Å². The van der Waals surface area contributed by atoms with Crippen LogP contribution >= 0.6 is 0 Å². The van der Waals surface area contributed by atoms with E-state index >= 15 is 0 Å². The lowest BCUT2D eigenvalue weighted by Crippen LogP contribution is -2.35. The normalized spacial score (nSPS) is 14.5. The molecule has 0 atom stereocenters. The van der Waals surface area contributed by atoms with Gasteiger partial charge >= 0.3 is 0 Å². The van der Waals surface area contributed by atoms with E-state index in [-0.39, 0.29) is 6.10 Å². The molecule has 1 aliphatic rings. The molecule has 0 bridgehead atoms. The summed E-state index contributed by atoms with van der Waals surface area (Å²) < 4.78 is 5.66. The van der Waals surface area contributed by atoms with Gasteiger partial charge < -0.3 is 9.84 Å². The zero-order chi connectivity index (χ0) is 22.0. The van der Waals surface area contributed by atoms with E-state index in [1.54, 1.807) is 0 Å². The first kappa shape index (κ1) is 22.0. The Morgan fingerprint density at radius 1 is 0.875 bits per heavy atom. The number of hydrogen-bond donors (Lipinski definition) is 1. The van der Waals surface area contributed by atoms with Crippen molar-refractivity contribution in [2.45, 2.75) is 44.9 Å². The smallest absolute Gasteiger partial charge is 0.233 e. The monoisotopic (exact) mass is 427 g/mol. The van der Waals surface area contributed by atoms with Crippen LogP contribution in [0, 0.1) is 11.8 Å². The lowest BCUT2D eigenvalue weighted by molar-refractivity contribution is 0.0792. The molecule has 3 aromatic rings. The van der Waals surface area contributed by atoms with Gasteiger partial charge in [0.25, 0.3) is 0 Å². The van der Waals surface area contributed by atoms with E-state index in [4.69, 9.17) is 4.74 Å². The van der Waals surface area contributed by atoms with Gasteiger partial charge in [0.1, 0.15) is 12.3 Å². The second-order valence-electron chi connectivity index (χ2n) is 8.16. The summed E-state index contributed by atoms with van der Waals surface area (Å²) in [4.78, 5) is 2.41. The van der Waals surface area contributed by atoms with Crippen LogP contribution in [0.1, 0.15) is 41.6 Å². The van der Waals surface area contributed by atoms with Crippen molar-refractivity contribution in [1.29, 1.82) is 0 Å². The summed E-state index contributed by atoms with van der Waals surface area (Å²) in [6.45, 7) is 3.38. The van der Waals surface area contributed by atoms with Gasteiger partial charge in [-0.3, -0.25) is 4.90 Å². The van der Waals surface area contributed by atoms with Crippen LogP contribution in [-0.4, -0.2) is 39.4 Å². The zero-order valence-corrected chi connectivity index (χ0v) is 18.3. The number of aliphatic hydroxyl groups is 1. The van der Waals surface area contributed by atoms with Crippen LogP contribution in [0.3, 0.4) is 0 Å². The van der Waals surface area contributed by atoms with Crippen molar-refractivity contribution in [2.75, 3.05) is 13.1 Å². The molecular formula is C27H29N3O2. The van der Waals surface area contributed by atoms with E-state index in [0.717, 1.165) is 50.9 Å². The number of rotatable bonds is 7. The highest BCUT2D eigenvalue weighted by Crippen LogP contribution is 2.15. The van der Waals surface area contributed by atoms with E-state index in [0.29, 0.717) is 18.2 Å². The summed E-state index contributed by atoms with van der Waals surface area (Å²) >= 11 is 0. The van der Waals surface area contributed by atoms with Crippen molar-refractivity contribution in [2.24, 2.45) is 0 Å². The maximum atomic E-state index is 9.63. The number of hydrogen-bond acceptors (Lipinski definition) is 5. The largest absolute Gasteiger partial charge is 0.472 e. The predicted molar refractivity (Wildman–Crippen MR) is 125 cm³/mol. The summed E-state index contributed by atoms with van der Waals surface area (Å²) in [5.74, 6) is 6.77. The Kier molecular flexibility index (Phi) is 7.86. The van der Waals surface area contributed by atoms with Crippen molar-refractivity contribution in [3.8, 4) is 17.7 Å². The summed E-state index contributed by atoms with van der Waals surface area (Å²) in [7, 11) is 0. The number of likely N-dealkylation sites (tertiary alicyclic amines) is 1. The molecule has 164 valence electrons. The van der Waals surface area contributed by atoms with Crippen LogP contribution in [0.5, 0.6) is 5.88 Å². The third-order valence-electron chi connectivity index (χ3n) is 5.61. The minimum absolute atomic E-state index is 0.119. The average Bonchev–Trinajstić information content (AvgIpc) is 2.84. The van der Waals surface area contributed by atoms with Crippen LogP contribution in [0.25, 0.3) is 0 Å². The highest BCUT2D eigenvalue weighted by Gasteiger charge is 2.16. The molecule has 4 rings (SSSR count). The van der Waals surface area contributed by atoms with Crippen LogP contribution in [0.4, 0.5) is 0 Å². The van der Waals surface area contributed by atoms with Gasteiger partial charge in [-0.15, -0.1) is 10.2 Å². The zero-order valence-electron chi connectivity index (χ0n) is 18.3. The van der Waals surface area contributed by atoms with Crippen molar-refractivity contribution in [3.63, 3.8) is 0 Å². The quantitative estimate of drug-likeness (QED) is 0.578. The minimum Gasteiger partial charge on any atom is -0.472 e. The summed E-state index contributed by atoms with van der Waals surface area (Å²) in [5.41, 5.74) is 4.35. The lowest BCUT2D eigenvalue weighted by atomic mass is 10.0. The van der Waals surface area contributed by atoms with Gasteiger partial charge in [0.05, 0.1) is 6.10 Å². The number of aromatic nitrogens is 2. The predicted octanol–water partition coefficient (Wildman–Crippen LogP) is 4.00. The van der Waals surface area contributed by atoms with Crippen molar-refractivity contribution in [3.05, 3.63) is 89.1 Å². The van der Waals surface area contributed by atoms with Gasteiger partial charge in [0.2, 0.25) is 5.88 Å². The van der Waals surface area contributed by atoms with E-state index in [9.17, 15) is 5.11 Å². The fraction of sp³-hybridized carbons (Fsp3) is 0.333. The molecule has 2 heterocycles. The van der Waals surface area contributed by atoms with Gasteiger partial charge in [-0.05, 0) is 47.9 Å². The molecule has 0 saturated carbocycles. The first-order chi connectivity index (χ1) is 15.7. The Morgan fingerprint density at radius 2 is 1.62 bits per heavy atom. The Balaban J connectivity index is 1.19. The molecular weight excluding hydrogens is 398 g/mol. The van der Waals surface area contributed by atoms with Crippen LogP contribution in [0.15, 0.2) is 66.7 Å². The Hall–Kier alpha value is -3.20. The van der Waals surface area contributed by atoms with Gasteiger partial charge in [0.15, 0.2) is 0 Å². The van der Waals surface area contributed by atoms with Gasteiger partial charge in [-0.1, -0.05) is 60.5 Å². The molecule has 0 unspecified atom stereocenters. The fourth-order valence-corrected chi connectivity index (χ4v) is 3.70. The Labute approximate surface area is 190 Å². The first-order valence-electron chi connectivity index (χ1n) is 11.2. The van der Waals surface area contributed by atoms with E-state index in [2.05, 4.69) is 51.2 Å². The average molecular weight is 428 g/mol. The second-order valence-corrected chi connectivity index (χ2v) is 8.16. The number of ether oxygens (including phenoxy) is 1. The van der Waals surface area contributed by atoms with Crippen molar-refractivity contribution in [1.82, 2.24) is 15.1 Å². The number of aryl methyl sites for hydroxylation is 1. The summed E-state index contributed by atoms with van der Waals surface area (Å²) in [6, 6.07) is 22.4. The van der Waals surface area contributed by atoms with E-state index in [1.165, 1.54) is 11.1 Å². The second kappa shape index (κ2) is 11.4. The van der Waals surface area contributed by atoms with Gasteiger partial charge in [-0.25, -0.2) is 0 Å². The highest BCUT2D eigenvalue weighted by atomic mass is 16.5. The SMILES string of the molecule is OC1CCN(Cc2ccc(CCC#Cc3ccc(OCc4ccccc4)nn3)cc2)CC1. The number of nitrogens with zero attached hydrogens (tertiary/aromatic N) is 3. The van der Waals surface area contributed by atoms with Gasteiger partial charge in [0, 0.05) is 32.1 Å². The first-order valence-corrected chi connectivity index (χ1v) is 11.2. The van der Waals surface area contributed by atoms with E-state index < -0.39 is 0 Å². The standard InChI is InChI=1S/C27H29N3O2/c31-26-16-18-30(19-17-26)20-23-12-10-22(11-13-23)6-4-5-9-25-14-15-27(29-28-25)32-21-24-7-2-1-3-8-24/h1-3,7-8,10-15,26,31H,4,6,16-21H2. The molecule has 1 N–H and O–H groups in total. The maximum Gasteiger partial charge on any atom is 0.233 e. The molecule has 2 aromatic carbocycles.